The van der Waals surface area contributed by atoms with Crippen LogP contribution < -0.4 is 10.5 Å². The Labute approximate surface area is 89.4 Å². The minimum absolute atomic E-state index is 0.753. The summed E-state index contributed by atoms with van der Waals surface area (Å²) in [5.74, 6) is 0.839. The van der Waals surface area contributed by atoms with E-state index in [9.17, 15) is 0 Å². The van der Waals surface area contributed by atoms with Gasteiger partial charge in [-0.1, -0.05) is 30.4 Å². The van der Waals surface area contributed by atoms with Gasteiger partial charge in [-0.2, -0.15) is 0 Å². The van der Waals surface area contributed by atoms with Gasteiger partial charge in [0.15, 0.2) is 0 Å². The molecule has 2 rings (SSSR count). The maximum absolute atomic E-state index is 5.71. The van der Waals surface area contributed by atoms with E-state index in [0.29, 0.717) is 0 Å². The van der Waals surface area contributed by atoms with Gasteiger partial charge < -0.3 is 10.5 Å². The summed E-state index contributed by atoms with van der Waals surface area (Å²) in [6.07, 6.45) is 8.33. The lowest BCUT2D eigenvalue weighted by atomic mass is 10.1. The zero-order chi connectivity index (χ0) is 10.5. The first-order valence-corrected chi connectivity index (χ1v) is 4.88. The molecule has 1 aliphatic carbocycles. The predicted octanol–water partition coefficient (Wildman–Crippen LogP) is 2.75. The number of ether oxygens (including phenoxy) is 1. The molecule has 0 heterocycles. The van der Waals surface area contributed by atoms with Crippen molar-refractivity contribution in [2.75, 3.05) is 0 Å². The van der Waals surface area contributed by atoms with Gasteiger partial charge in [-0.05, 0) is 23.8 Å². The molecule has 2 nitrogen and oxygen atoms in total. The molecule has 0 atom stereocenters. The average Bonchev–Trinajstić information content (AvgIpc) is 2.28. The number of allylic oxidation sites excluding steroid dienone is 4. The summed E-state index contributed by atoms with van der Waals surface area (Å²) in [6, 6.07) is 9.68. The molecule has 0 amide bonds. The summed E-state index contributed by atoms with van der Waals surface area (Å²) < 4.78 is 5.50. The second-order valence-corrected chi connectivity index (χ2v) is 3.40. The first-order valence-electron chi connectivity index (χ1n) is 4.88. The van der Waals surface area contributed by atoms with E-state index in [2.05, 4.69) is 0 Å². The molecule has 0 saturated carbocycles. The van der Waals surface area contributed by atoms with Crippen molar-refractivity contribution in [2.24, 2.45) is 5.73 Å². The lowest BCUT2D eigenvalue weighted by Crippen LogP contribution is -2.01. The van der Waals surface area contributed by atoms with E-state index in [1.807, 2.05) is 48.6 Å². The van der Waals surface area contributed by atoms with Crippen LogP contribution in [0.2, 0.25) is 0 Å². The van der Waals surface area contributed by atoms with Crippen LogP contribution in [0, 0.1) is 0 Å². The van der Waals surface area contributed by atoms with Crippen LogP contribution >= 0.6 is 0 Å². The zero-order valence-electron chi connectivity index (χ0n) is 8.39. The smallest absolute Gasteiger partial charge is 0.126 e. The Bertz CT molecular complexity index is 415. The Balaban J connectivity index is 2.01. The number of rotatable bonds is 2. The first kappa shape index (κ1) is 9.59. The molecule has 0 radical (unpaired) electrons. The first-order chi connectivity index (χ1) is 7.34. The van der Waals surface area contributed by atoms with Gasteiger partial charge in [0.05, 0.1) is 6.26 Å². The molecule has 0 aromatic heterocycles. The van der Waals surface area contributed by atoms with Crippen molar-refractivity contribution in [3.8, 4) is 5.75 Å². The summed E-state index contributed by atoms with van der Waals surface area (Å²) in [5, 5.41) is 0. The molecule has 0 spiro atoms. The van der Waals surface area contributed by atoms with Gasteiger partial charge in [-0.15, -0.1) is 0 Å². The third-order valence-corrected chi connectivity index (χ3v) is 2.12. The van der Waals surface area contributed by atoms with Crippen LogP contribution in [0.1, 0.15) is 6.42 Å². The molecule has 1 aromatic carbocycles. The molecule has 1 aromatic rings. The van der Waals surface area contributed by atoms with Gasteiger partial charge in [-0.3, -0.25) is 0 Å². The highest BCUT2D eigenvalue weighted by molar-refractivity contribution is 5.33. The van der Waals surface area contributed by atoms with Gasteiger partial charge in [0.1, 0.15) is 5.75 Å². The van der Waals surface area contributed by atoms with Crippen molar-refractivity contribution in [3.63, 3.8) is 0 Å². The quantitative estimate of drug-likeness (QED) is 0.743. The second kappa shape index (κ2) is 4.51. The van der Waals surface area contributed by atoms with Crippen molar-refractivity contribution in [1.29, 1.82) is 0 Å². The van der Waals surface area contributed by atoms with E-state index in [-0.39, 0.29) is 0 Å². The number of para-hydroxylation sites is 1. The molecule has 0 bridgehead atoms. The summed E-state index contributed by atoms with van der Waals surface area (Å²) >= 11 is 0. The van der Waals surface area contributed by atoms with Crippen molar-refractivity contribution >= 4 is 0 Å². The molecular weight excluding hydrogens is 186 g/mol. The highest BCUT2D eigenvalue weighted by atomic mass is 16.5. The Kier molecular flexibility index (Phi) is 2.88. The third-order valence-electron chi connectivity index (χ3n) is 2.12. The lowest BCUT2D eigenvalue weighted by Gasteiger charge is -2.07. The molecule has 0 unspecified atom stereocenters. The number of hydrogen-bond acceptors (Lipinski definition) is 2. The fraction of sp³-hybridized carbons (Fsp3) is 0.0769. The topological polar surface area (TPSA) is 35.2 Å². The van der Waals surface area contributed by atoms with Gasteiger partial charge in [-0.25, -0.2) is 0 Å². The van der Waals surface area contributed by atoms with Crippen LogP contribution in [-0.2, 0) is 0 Å². The Morgan fingerprint density at radius 2 is 2.00 bits per heavy atom. The molecule has 2 N–H and O–H groups in total. The maximum atomic E-state index is 5.71. The fourth-order valence-electron chi connectivity index (χ4n) is 1.37. The van der Waals surface area contributed by atoms with Crippen LogP contribution in [-0.4, -0.2) is 0 Å². The molecule has 0 fully saturated rings. The largest absolute Gasteiger partial charge is 0.465 e. The number of nitrogens with two attached hydrogens (primary N) is 1. The fourth-order valence-corrected chi connectivity index (χ4v) is 1.37. The molecule has 0 saturated heterocycles. The van der Waals surface area contributed by atoms with Crippen molar-refractivity contribution in [1.82, 2.24) is 0 Å². The summed E-state index contributed by atoms with van der Waals surface area (Å²) in [6.45, 7) is 0. The molecule has 76 valence electrons. The summed E-state index contributed by atoms with van der Waals surface area (Å²) in [7, 11) is 0. The van der Waals surface area contributed by atoms with Crippen LogP contribution in [0.3, 0.4) is 0 Å². The van der Waals surface area contributed by atoms with Gasteiger partial charge >= 0.3 is 0 Å². The van der Waals surface area contributed by atoms with Crippen molar-refractivity contribution < 1.29 is 4.74 Å². The van der Waals surface area contributed by atoms with Crippen LogP contribution in [0.4, 0.5) is 0 Å². The van der Waals surface area contributed by atoms with E-state index in [0.717, 1.165) is 23.4 Å². The van der Waals surface area contributed by atoms with Crippen LogP contribution in [0.15, 0.2) is 66.1 Å². The van der Waals surface area contributed by atoms with E-state index >= 15 is 0 Å². The maximum Gasteiger partial charge on any atom is 0.126 e. The second-order valence-electron chi connectivity index (χ2n) is 3.40. The highest BCUT2D eigenvalue weighted by Crippen LogP contribution is 2.16. The predicted molar refractivity (Wildman–Crippen MR) is 61.2 cm³/mol. The monoisotopic (exact) mass is 199 g/mol. The third kappa shape index (κ3) is 2.74. The summed E-state index contributed by atoms with van der Waals surface area (Å²) in [5.41, 5.74) is 7.65. The summed E-state index contributed by atoms with van der Waals surface area (Å²) in [4.78, 5) is 0. The van der Waals surface area contributed by atoms with Gasteiger partial charge in [0.25, 0.3) is 0 Å². The van der Waals surface area contributed by atoms with E-state index in [1.165, 1.54) is 0 Å². The zero-order valence-corrected chi connectivity index (χ0v) is 8.39. The minimum atomic E-state index is 0.753. The SMILES string of the molecule is NC1=CC=CC(=COc2ccccc2)C1. The molecule has 0 aliphatic heterocycles. The van der Waals surface area contributed by atoms with Gasteiger partial charge in [0.2, 0.25) is 0 Å². The number of benzene rings is 1. The Morgan fingerprint density at radius 3 is 2.73 bits per heavy atom. The molecule has 1 aliphatic rings. The van der Waals surface area contributed by atoms with Crippen molar-refractivity contribution in [2.45, 2.75) is 6.42 Å². The van der Waals surface area contributed by atoms with Crippen LogP contribution in [0.5, 0.6) is 5.75 Å². The molecule has 15 heavy (non-hydrogen) atoms. The Hall–Kier alpha value is -1.96. The standard InChI is InChI=1S/C13H13NO/c14-12-6-4-5-11(9-12)10-15-13-7-2-1-3-8-13/h1-8,10H,9,14H2. The normalized spacial score (nSPS) is 17.6. The number of hydrogen-bond donors (Lipinski definition) is 1. The van der Waals surface area contributed by atoms with Crippen LogP contribution in [0.25, 0.3) is 0 Å². The lowest BCUT2D eigenvalue weighted by molar-refractivity contribution is 0.475. The van der Waals surface area contributed by atoms with Crippen molar-refractivity contribution in [3.05, 3.63) is 66.1 Å². The minimum Gasteiger partial charge on any atom is -0.465 e. The van der Waals surface area contributed by atoms with E-state index in [4.69, 9.17) is 10.5 Å². The van der Waals surface area contributed by atoms with E-state index < -0.39 is 0 Å². The van der Waals surface area contributed by atoms with E-state index in [1.54, 1.807) is 6.26 Å². The van der Waals surface area contributed by atoms with Gasteiger partial charge in [0, 0.05) is 12.1 Å². The highest BCUT2D eigenvalue weighted by Gasteiger charge is 2.00. The molecule has 2 heteroatoms. The molecular formula is C13H13NO. The average molecular weight is 199 g/mol. The Morgan fingerprint density at radius 1 is 1.20 bits per heavy atom.